The zero-order chi connectivity index (χ0) is 17.4. The van der Waals surface area contributed by atoms with Crippen molar-refractivity contribution in [3.8, 4) is 0 Å². The molecule has 25 heavy (non-hydrogen) atoms. The molecule has 0 bridgehead atoms. The Hall–Kier alpha value is -2.54. The summed E-state index contributed by atoms with van der Waals surface area (Å²) in [5.74, 6) is 0.995. The summed E-state index contributed by atoms with van der Waals surface area (Å²) in [5, 5.41) is 11.5. The second-order valence-corrected chi connectivity index (χ2v) is 6.68. The largest absolute Gasteiger partial charge is 0.313 e. The molecule has 4 rings (SSSR count). The molecule has 128 valence electrons. The fraction of sp³-hybridized carbons (Fsp3) is 0.353. The molecule has 2 aliphatic rings. The maximum absolute atomic E-state index is 12.4. The number of amidine groups is 1. The molecule has 0 radical (unpaired) electrons. The number of aromatic nitrogens is 4. The number of aliphatic imine (C=N–C) groups is 1. The van der Waals surface area contributed by atoms with Gasteiger partial charge in [0, 0.05) is 17.3 Å². The quantitative estimate of drug-likeness (QED) is 0.916. The van der Waals surface area contributed by atoms with Gasteiger partial charge in [-0.1, -0.05) is 17.7 Å². The van der Waals surface area contributed by atoms with Gasteiger partial charge in [-0.05, 0) is 43.9 Å². The van der Waals surface area contributed by atoms with E-state index in [0.29, 0.717) is 16.9 Å². The van der Waals surface area contributed by atoms with Crippen molar-refractivity contribution in [2.45, 2.75) is 38.3 Å². The first-order chi connectivity index (χ1) is 12.1. The van der Waals surface area contributed by atoms with Crippen LogP contribution in [0.3, 0.4) is 0 Å². The van der Waals surface area contributed by atoms with Crippen LogP contribution in [-0.4, -0.2) is 31.5 Å². The molecule has 1 saturated carbocycles. The number of carbonyl (C=O) groups is 1. The number of amides is 1. The zero-order valence-electron chi connectivity index (χ0n) is 13.7. The standard InChI is InChI=1S/C17H17ClN6O/c1-10-8-19-14(7-12(10)18)17(25)22-15-4-2-3-13(21-15)16-23-20-9-24(16)11-5-6-11/h2,4,7-9,11,13H,3,5-6H2,1H3,(H,21,22,25). The highest BCUT2D eigenvalue weighted by molar-refractivity contribution is 6.31. The van der Waals surface area contributed by atoms with E-state index in [0.717, 1.165) is 30.7 Å². The Kier molecular flexibility index (Phi) is 4.09. The molecule has 1 unspecified atom stereocenters. The number of rotatable bonds is 3. The molecule has 1 aliphatic carbocycles. The third kappa shape index (κ3) is 3.32. The van der Waals surface area contributed by atoms with Crippen molar-refractivity contribution in [2.24, 2.45) is 4.99 Å². The molecule has 0 aromatic carbocycles. The summed E-state index contributed by atoms with van der Waals surface area (Å²) in [4.78, 5) is 21.1. The van der Waals surface area contributed by atoms with Crippen LogP contribution >= 0.6 is 11.6 Å². The molecular formula is C17H17ClN6O. The van der Waals surface area contributed by atoms with Crippen molar-refractivity contribution in [3.05, 3.63) is 52.8 Å². The van der Waals surface area contributed by atoms with Gasteiger partial charge < -0.3 is 9.88 Å². The number of hydrogen-bond donors (Lipinski definition) is 1. The van der Waals surface area contributed by atoms with Crippen LogP contribution in [0.4, 0.5) is 0 Å². The average molecular weight is 357 g/mol. The van der Waals surface area contributed by atoms with Gasteiger partial charge in [-0.25, -0.2) is 0 Å². The SMILES string of the molecule is Cc1cnc(C(=O)NC2=NC(c3nncn3C3CC3)CC=C2)cc1Cl. The fourth-order valence-electron chi connectivity index (χ4n) is 2.74. The molecule has 1 aliphatic heterocycles. The van der Waals surface area contributed by atoms with Gasteiger partial charge in [0.05, 0.1) is 0 Å². The van der Waals surface area contributed by atoms with Crippen LogP contribution in [0.25, 0.3) is 0 Å². The predicted octanol–water partition coefficient (Wildman–Crippen LogP) is 2.80. The van der Waals surface area contributed by atoms with Crippen molar-refractivity contribution < 1.29 is 4.79 Å². The Labute approximate surface area is 149 Å². The van der Waals surface area contributed by atoms with E-state index in [1.165, 1.54) is 0 Å². The molecule has 2 aromatic rings. The molecule has 2 aromatic heterocycles. The first kappa shape index (κ1) is 16.0. The second kappa shape index (κ2) is 6.40. The minimum absolute atomic E-state index is 0.141. The van der Waals surface area contributed by atoms with Crippen LogP contribution in [0.5, 0.6) is 0 Å². The third-order valence-electron chi connectivity index (χ3n) is 4.28. The highest BCUT2D eigenvalue weighted by Crippen LogP contribution is 2.37. The van der Waals surface area contributed by atoms with Crippen LogP contribution in [0.15, 0.2) is 35.7 Å². The van der Waals surface area contributed by atoms with Crippen molar-refractivity contribution in [1.82, 2.24) is 25.1 Å². The molecule has 0 saturated heterocycles. The summed E-state index contributed by atoms with van der Waals surface area (Å²) in [6.07, 6.45) is 10.2. The lowest BCUT2D eigenvalue weighted by atomic mass is 10.1. The monoisotopic (exact) mass is 356 g/mol. The first-order valence-corrected chi connectivity index (χ1v) is 8.57. The Balaban J connectivity index is 1.52. The summed E-state index contributed by atoms with van der Waals surface area (Å²) in [6, 6.07) is 1.90. The van der Waals surface area contributed by atoms with Crippen LogP contribution in [0.2, 0.25) is 5.02 Å². The van der Waals surface area contributed by atoms with Crippen molar-refractivity contribution >= 4 is 23.3 Å². The van der Waals surface area contributed by atoms with Gasteiger partial charge in [0.1, 0.15) is 23.9 Å². The van der Waals surface area contributed by atoms with E-state index < -0.39 is 0 Å². The van der Waals surface area contributed by atoms with Gasteiger partial charge >= 0.3 is 0 Å². The van der Waals surface area contributed by atoms with E-state index >= 15 is 0 Å². The predicted molar refractivity (Wildman–Crippen MR) is 93.7 cm³/mol. The summed E-state index contributed by atoms with van der Waals surface area (Å²) in [7, 11) is 0. The van der Waals surface area contributed by atoms with E-state index in [9.17, 15) is 4.79 Å². The van der Waals surface area contributed by atoms with Gasteiger partial charge in [0.25, 0.3) is 5.91 Å². The number of hydrogen-bond acceptors (Lipinski definition) is 5. The summed E-state index contributed by atoms with van der Waals surface area (Å²) < 4.78 is 2.09. The van der Waals surface area contributed by atoms with Gasteiger partial charge in [0.15, 0.2) is 5.82 Å². The van der Waals surface area contributed by atoms with Crippen LogP contribution in [0, 0.1) is 6.92 Å². The number of halogens is 1. The Bertz CT molecular complexity index is 883. The summed E-state index contributed by atoms with van der Waals surface area (Å²) in [5.41, 5.74) is 1.09. The lowest BCUT2D eigenvalue weighted by molar-refractivity contribution is 0.0972. The number of nitrogens with one attached hydrogen (secondary N) is 1. The average Bonchev–Trinajstić information content (AvgIpc) is 3.34. The second-order valence-electron chi connectivity index (χ2n) is 6.27. The zero-order valence-corrected chi connectivity index (χ0v) is 14.4. The normalized spacial score (nSPS) is 19.6. The highest BCUT2D eigenvalue weighted by Gasteiger charge is 2.29. The summed E-state index contributed by atoms with van der Waals surface area (Å²) in [6.45, 7) is 1.84. The van der Waals surface area contributed by atoms with Gasteiger partial charge in [-0.15, -0.1) is 10.2 Å². The molecule has 1 atom stereocenters. The van der Waals surface area contributed by atoms with E-state index in [-0.39, 0.29) is 17.6 Å². The Morgan fingerprint density at radius 1 is 1.40 bits per heavy atom. The molecule has 7 nitrogen and oxygen atoms in total. The van der Waals surface area contributed by atoms with Crippen molar-refractivity contribution in [1.29, 1.82) is 0 Å². The van der Waals surface area contributed by atoms with Gasteiger partial charge in [-0.2, -0.15) is 0 Å². The smallest absolute Gasteiger partial charge is 0.275 e. The molecule has 3 heterocycles. The minimum Gasteiger partial charge on any atom is -0.313 e. The highest BCUT2D eigenvalue weighted by atomic mass is 35.5. The maximum Gasteiger partial charge on any atom is 0.275 e. The molecule has 1 amide bonds. The number of pyridine rings is 1. The lowest BCUT2D eigenvalue weighted by Crippen LogP contribution is -2.31. The van der Waals surface area contributed by atoms with E-state index in [4.69, 9.17) is 11.6 Å². The molecular weight excluding hydrogens is 340 g/mol. The van der Waals surface area contributed by atoms with Crippen molar-refractivity contribution in [3.63, 3.8) is 0 Å². The number of carbonyl (C=O) groups excluding carboxylic acids is 1. The van der Waals surface area contributed by atoms with Crippen molar-refractivity contribution in [2.75, 3.05) is 0 Å². The maximum atomic E-state index is 12.4. The fourth-order valence-corrected chi connectivity index (χ4v) is 2.89. The molecule has 0 spiro atoms. The summed E-state index contributed by atoms with van der Waals surface area (Å²) >= 11 is 6.06. The van der Waals surface area contributed by atoms with E-state index in [1.807, 2.05) is 13.0 Å². The van der Waals surface area contributed by atoms with E-state index in [2.05, 4.69) is 30.1 Å². The first-order valence-electron chi connectivity index (χ1n) is 8.19. The molecule has 1 N–H and O–H groups in total. The van der Waals surface area contributed by atoms with Crippen LogP contribution in [-0.2, 0) is 0 Å². The Morgan fingerprint density at radius 3 is 3.00 bits per heavy atom. The third-order valence-corrected chi connectivity index (χ3v) is 4.69. The van der Waals surface area contributed by atoms with Crippen LogP contribution in [0.1, 0.15) is 53.2 Å². The van der Waals surface area contributed by atoms with E-state index in [1.54, 1.807) is 24.7 Å². The number of nitrogens with zero attached hydrogens (tertiary/aromatic N) is 5. The van der Waals surface area contributed by atoms with Crippen LogP contribution < -0.4 is 5.32 Å². The molecule has 1 fully saturated rings. The Morgan fingerprint density at radius 2 is 2.24 bits per heavy atom. The topological polar surface area (TPSA) is 85.1 Å². The minimum atomic E-state index is -0.338. The number of dihydropyridines is 1. The lowest BCUT2D eigenvalue weighted by Gasteiger charge is -2.17. The van der Waals surface area contributed by atoms with Gasteiger partial charge in [-0.3, -0.25) is 14.8 Å². The van der Waals surface area contributed by atoms with Gasteiger partial charge in [0.2, 0.25) is 0 Å². The molecule has 8 heteroatoms. The number of aryl methyl sites for hydroxylation is 1.